The minimum atomic E-state index is -0.452. The third-order valence-corrected chi connectivity index (χ3v) is 5.60. The number of nitrogens with zero attached hydrogens (tertiary/aromatic N) is 4. The molecule has 0 aliphatic carbocycles. The Labute approximate surface area is 165 Å². The Bertz CT molecular complexity index is 771. The lowest BCUT2D eigenvalue weighted by Gasteiger charge is -2.33. The van der Waals surface area contributed by atoms with Gasteiger partial charge in [0.25, 0.3) is 0 Å². The summed E-state index contributed by atoms with van der Waals surface area (Å²) in [6, 6.07) is 0. The maximum absolute atomic E-state index is 12.4. The van der Waals surface area contributed by atoms with E-state index in [-0.39, 0.29) is 30.6 Å². The highest BCUT2D eigenvalue weighted by Gasteiger charge is 2.30. The lowest BCUT2D eigenvalue weighted by atomic mass is 9.94. The molecule has 0 saturated carbocycles. The summed E-state index contributed by atoms with van der Waals surface area (Å²) >= 11 is 0. The van der Waals surface area contributed by atoms with Crippen molar-refractivity contribution < 1.29 is 14.4 Å². The number of aromatic nitrogens is 2. The summed E-state index contributed by atoms with van der Waals surface area (Å²) in [6.45, 7) is 5.97. The molecule has 2 N–H and O–H groups in total. The molecule has 1 aromatic rings. The summed E-state index contributed by atoms with van der Waals surface area (Å²) in [7, 11) is 0. The van der Waals surface area contributed by atoms with Gasteiger partial charge in [0.05, 0.1) is 0 Å². The van der Waals surface area contributed by atoms with Crippen molar-refractivity contribution in [2.24, 2.45) is 5.73 Å². The van der Waals surface area contributed by atoms with E-state index < -0.39 is 5.91 Å². The molecule has 28 heavy (non-hydrogen) atoms. The zero-order valence-corrected chi connectivity index (χ0v) is 16.7. The summed E-state index contributed by atoms with van der Waals surface area (Å²) in [5, 5.41) is 0. The van der Waals surface area contributed by atoms with Gasteiger partial charge in [-0.2, -0.15) is 0 Å². The fourth-order valence-corrected chi connectivity index (χ4v) is 4.02. The van der Waals surface area contributed by atoms with Crippen LogP contribution in [0.25, 0.3) is 0 Å². The van der Waals surface area contributed by atoms with Crippen LogP contribution in [0, 0.1) is 6.92 Å². The average Bonchev–Trinajstić information content (AvgIpc) is 2.68. The molecule has 0 aromatic carbocycles. The standard InChI is InChI=1S/C20H29N5O3/c1-3-10-25-18(28)6-4-15-13(2)22-19(23-20(15)25)14-8-11-24(12-9-14)17(27)7-5-16(21)26/h14H,3-12H2,1-2H3,(H2,21,26). The third-order valence-electron chi connectivity index (χ3n) is 5.60. The van der Waals surface area contributed by atoms with Gasteiger partial charge in [-0.15, -0.1) is 0 Å². The summed E-state index contributed by atoms with van der Waals surface area (Å²) in [4.78, 5) is 48.6. The molecule has 152 valence electrons. The number of fused-ring (bicyclic) bond motifs is 1. The number of anilines is 1. The van der Waals surface area contributed by atoms with Gasteiger partial charge in [0.2, 0.25) is 17.7 Å². The number of nitrogens with two attached hydrogens (primary N) is 1. The number of piperidine rings is 1. The van der Waals surface area contributed by atoms with Crippen LogP contribution in [-0.2, 0) is 20.8 Å². The Morgan fingerprint density at radius 3 is 2.50 bits per heavy atom. The smallest absolute Gasteiger partial charge is 0.228 e. The third kappa shape index (κ3) is 4.31. The molecule has 2 aliphatic heterocycles. The number of primary amides is 1. The number of carbonyl (C=O) groups excluding carboxylic acids is 3. The second kappa shape index (κ2) is 8.67. The highest BCUT2D eigenvalue weighted by atomic mass is 16.2. The molecule has 3 heterocycles. The maximum Gasteiger partial charge on any atom is 0.228 e. The highest BCUT2D eigenvalue weighted by molar-refractivity contribution is 5.95. The zero-order valence-electron chi connectivity index (χ0n) is 16.7. The van der Waals surface area contributed by atoms with Crippen LogP contribution in [0.4, 0.5) is 5.82 Å². The highest BCUT2D eigenvalue weighted by Crippen LogP contribution is 2.32. The van der Waals surface area contributed by atoms with Crippen molar-refractivity contribution in [3.63, 3.8) is 0 Å². The van der Waals surface area contributed by atoms with Gasteiger partial charge in [0.1, 0.15) is 11.6 Å². The van der Waals surface area contributed by atoms with E-state index in [1.54, 1.807) is 9.80 Å². The van der Waals surface area contributed by atoms with Crippen molar-refractivity contribution in [2.75, 3.05) is 24.5 Å². The Kier molecular flexibility index (Phi) is 6.26. The Morgan fingerprint density at radius 2 is 1.86 bits per heavy atom. The maximum atomic E-state index is 12.4. The Balaban J connectivity index is 1.72. The number of likely N-dealkylation sites (tertiary alicyclic amines) is 1. The van der Waals surface area contributed by atoms with Crippen LogP contribution in [0.3, 0.4) is 0 Å². The van der Waals surface area contributed by atoms with Crippen molar-refractivity contribution in [2.45, 2.75) is 64.7 Å². The Hall–Kier alpha value is -2.51. The van der Waals surface area contributed by atoms with Crippen molar-refractivity contribution in [1.29, 1.82) is 0 Å². The predicted octanol–water partition coefficient (Wildman–Crippen LogP) is 1.45. The molecule has 0 spiro atoms. The molecule has 0 radical (unpaired) electrons. The van der Waals surface area contributed by atoms with E-state index in [0.29, 0.717) is 32.5 Å². The quantitative estimate of drug-likeness (QED) is 0.794. The summed E-state index contributed by atoms with van der Waals surface area (Å²) in [6.07, 6.45) is 3.92. The molecular formula is C20H29N5O3. The van der Waals surface area contributed by atoms with Crippen LogP contribution < -0.4 is 10.6 Å². The van der Waals surface area contributed by atoms with Crippen molar-refractivity contribution in [3.8, 4) is 0 Å². The van der Waals surface area contributed by atoms with Gasteiger partial charge in [-0.05, 0) is 32.6 Å². The SMILES string of the molecule is CCCN1C(=O)CCc2c(C)nc(C3CCN(C(=O)CCC(N)=O)CC3)nc21. The van der Waals surface area contributed by atoms with E-state index in [4.69, 9.17) is 15.7 Å². The molecule has 1 aromatic heterocycles. The van der Waals surface area contributed by atoms with Gasteiger partial charge in [0.15, 0.2) is 0 Å². The largest absolute Gasteiger partial charge is 0.370 e. The van der Waals surface area contributed by atoms with Gasteiger partial charge in [-0.25, -0.2) is 9.97 Å². The number of aryl methyl sites for hydroxylation is 1. The lowest BCUT2D eigenvalue weighted by molar-refractivity contribution is -0.134. The minimum absolute atomic E-state index is 0.0282. The second-order valence-electron chi connectivity index (χ2n) is 7.64. The molecule has 0 unspecified atom stereocenters. The van der Waals surface area contributed by atoms with Crippen LogP contribution in [0.2, 0.25) is 0 Å². The van der Waals surface area contributed by atoms with E-state index in [0.717, 1.165) is 42.2 Å². The predicted molar refractivity (Wildman–Crippen MR) is 105 cm³/mol. The molecule has 2 aliphatic rings. The van der Waals surface area contributed by atoms with Crippen LogP contribution in [0.1, 0.15) is 68.4 Å². The van der Waals surface area contributed by atoms with E-state index in [9.17, 15) is 14.4 Å². The first-order valence-electron chi connectivity index (χ1n) is 10.1. The van der Waals surface area contributed by atoms with Gasteiger partial charge in [-0.1, -0.05) is 6.92 Å². The number of hydrogen-bond donors (Lipinski definition) is 1. The number of carbonyl (C=O) groups is 3. The van der Waals surface area contributed by atoms with Gasteiger partial charge >= 0.3 is 0 Å². The van der Waals surface area contributed by atoms with E-state index >= 15 is 0 Å². The normalized spacial score (nSPS) is 17.6. The second-order valence-corrected chi connectivity index (χ2v) is 7.64. The molecule has 0 atom stereocenters. The Morgan fingerprint density at radius 1 is 1.14 bits per heavy atom. The van der Waals surface area contributed by atoms with Crippen LogP contribution in [0.15, 0.2) is 0 Å². The molecule has 8 heteroatoms. The lowest BCUT2D eigenvalue weighted by Crippen LogP contribution is -2.39. The van der Waals surface area contributed by atoms with Gasteiger partial charge in [-0.3, -0.25) is 19.3 Å². The molecule has 1 saturated heterocycles. The van der Waals surface area contributed by atoms with Gasteiger partial charge < -0.3 is 10.6 Å². The molecule has 1 fully saturated rings. The summed E-state index contributed by atoms with van der Waals surface area (Å²) in [5.74, 6) is 1.38. The number of hydrogen-bond acceptors (Lipinski definition) is 5. The monoisotopic (exact) mass is 387 g/mol. The first-order valence-corrected chi connectivity index (χ1v) is 10.1. The first kappa shape index (κ1) is 20.2. The molecule has 0 bridgehead atoms. The van der Waals surface area contributed by atoms with Crippen LogP contribution in [-0.4, -0.2) is 52.2 Å². The van der Waals surface area contributed by atoms with Crippen LogP contribution >= 0.6 is 0 Å². The zero-order chi connectivity index (χ0) is 20.3. The van der Waals surface area contributed by atoms with Crippen molar-refractivity contribution in [1.82, 2.24) is 14.9 Å². The molecular weight excluding hydrogens is 358 g/mol. The number of amides is 3. The first-order chi connectivity index (χ1) is 13.4. The molecule has 3 rings (SSSR count). The topological polar surface area (TPSA) is 109 Å². The fourth-order valence-electron chi connectivity index (χ4n) is 4.02. The average molecular weight is 387 g/mol. The fraction of sp³-hybridized carbons (Fsp3) is 0.650. The minimum Gasteiger partial charge on any atom is -0.370 e. The molecule has 3 amide bonds. The van der Waals surface area contributed by atoms with Crippen LogP contribution in [0.5, 0.6) is 0 Å². The van der Waals surface area contributed by atoms with E-state index in [2.05, 4.69) is 6.92 Å². The van der Waals surface area contributed by atoms with Crippen molar-refractivity contribution >= 4 is 23.5 Å². The summed E-state index contributed by atoms with van der Waals surface area (Å²) < 4.78 is 0. The molecule has 8 nitrogen and oxygen atoms in total. The van der Waals surface area contributed by atoms with E-state index in [1.165, 1.54) is 0 Å². The number of rotatable bonds is 6. The van der Waals surface area contributed by atoms with E-state index in [1.807, 2.05) is 6.92 Å². The van der Waals surface area contributed by atoms with Crippen molar-refractivity contribution in [3.05, 3.63) is 17.1 Å². The summed E-state index contributed by atoms with van der Waals surface area (Å²) in [5.41, 5.74) is 7.16. The van der Waals surface area contributed by atoms with Gasteiger partial charge in [0, 0.05) is 56.1 Å².